The molecule has 15 nitrogen and oxygen atoms in total. The highest BCUT2D eigenvalue weighted by molar-refractivity contribution is 5.83. The molecule has 0 aliphatic carbocycles. The fourth-order valence-electron chi connectivity index (χ4n) is 3.03. The summed E-state index contributed by atoms with van der Waals surface area (Å²) in [6.45, 7) is 0.987. The summed E-state index contributed by atoms with van der Waals surface area (Å²) >= 11 is 0. The largest absolute Gasteiger partial charge is 0.467 e. The van der Waals surface area contributed by atoms with Crippen LogP contribution in [0.2, 0.25) is 0 Å². The van der Waals surface area contributed by atoms with Crippen LogP contribution in [0.15, 0.2) is 47.0 Å². The molecule has 3 rings (SSSR count). The topological polar surface area (TPSA) is 183 Å². The molecule has 0 saturated carbocycles. The van der Waals surface area contributed by atoms with Gasteiger partial charge in [-0.25, -0.2) is 4.79 Å². The number of ether oxygens (including phenoxy) is 7. The smallest absolute Gasteiger partial charge is 0.410 e. The molecular weight excluding hydrogens is 522 g/mol. The second-order valence-electron chi connectivity index (χ2n) is 7.48. The van der Waals surface area contributed by atoms with Crippen molar-refractivity contribution < 1.29 is 52.5 Å². The maximum absolute atomic E-state index is 11.1. The summed E-state index contributed by atoms with van der Waals surface area (Å²) in [6, 6.07) is 9.77. The number of aromatic nitrogens is 1. The molecule has 0 unspecified atom stereocenters. The van der Waals surface area contributed by atoms with Gasteiger partial charge in [0.25, 0.3) is 5.69 Å². The first-order valence-electron chi connectivity index (χ1n) is 11.4. The van der Waals surface area contributed by atoms with Crippen molar-refractivity contribution in [2.75, 3.05) is 59.5 Å². The van der Waals surface area contributed by atoms with E-state index >= 15 is 0 Å². The van der Waals surface area contributed by atoms with E-state index in [1.807, 2.05) is 0 Å². The van der Waals surface area contributed by atoms with Gasteiger partial charge in [-0.3, -0.25) is 15.4 Å². The van der Waals surface area contributed by atoms with Gasteiger partial charge >= 0.3 is 6.09 Å². The van der Waals surface area contributed by atoms with Crippen molar-refractivity contribution in [3.63, 3.8) is 0 Å². The fourth-order valence-corrected chi connectivity index (χ4v) is 3.03. The van der Waals surface area contributed by atoms with Gasteiger partial charge in [-0.15, -0.1) is 0 Å². The summed E-state index contributed by atoms with van der Waals surface area (Å²) in [4.78, 5) is 21.6. The summed E-state index contributed by atoms with van der Waals surface area (Å²) in [5.74, 6) is 0.864. The van der Waals surface area contributed by atoms with Gasteiger partial charge < -0.3 is 42.8 Å². The average molecular weight is 549 g/mol. The van der Waals surface area contributed by atoms with Crippen LogP contribution < -0.4 is 19.5 Å². The van der Waals surface area contributed by atoms with Crippen LogP contribution in [-0.2, 0) is 18.9 Å². The molecule has 210 valence electrons. The predicted octanol–water partition coefficient (Wildman–Crippen LogP) is 4.13. The zero-order valence-corrected chi connectivity index (χ0v) is 21.1. The van der Waals surface area contributed by atoms with Crippen molar-refractivity contribution in [1.82, 2.24) is 5.16 Å². The second-order valence-corrected chi connectivity index (χ2v) is 7.48. The lowest BCUT2D eigenvalue weighted by Gasteiger charge is -2.17. The molecule has 0 fully saturated rings. The van der Waals surface area contributed by atoms with Crippen molar-refractivity contribution in [3.8, 4) is 34.3 Å². The van der Waals surface area contributed by atoms with Gasteiger partial charge in [0.1, 0.15) is 28.6 Å². The van der Waals surface area contributed by atoms with E-state index in [1.54, 1.807) is 7.11 Å². The Morgan fingerprint density at radius 3 is 2.21 bits per heavy atom. The quantitative estimate of drug-likeness (QED) is 0.106. The van der Waals surface area contributed by atoms with Crippen LogP contribution in [0.4, 0.5) is 16.3 Å². The third-order valence-electron chi connectivity index (χ3n) is 4.78. The number of rotatable bonds is 17. The summed E-state index contributed by atoms with van der Waals surface area (Å²) in [6.07, 6.45) is -1.34. The number of carboxylic acid groups (broad SMARTS) is 1. The number of hydrogen-bond acceptors (Lipinski definition) is 12. The molecule has 2 N–H and O–H groups in total. The lowest BCUT2D eigenvalue weighted by atomic mass is 10.1. The van der Waals surface area contributed by atoms with Gasteiger partial charge in [-0.1, -0.05) is 5.16 Å². The fraction of sp³-hybridized carbons (Fsp3) is 0.333. The Labute approximate surface area is 222 Å². The summed E-state index contributed by atoms with van der Waals surface area (Å²) in [7, 11) is 3.08. The summed E-state index contributed by atoms with van der Waals surface area (Å²) in [5.41, 5.74) is 0.118. The van der Waals surface area contributed by atoms with Crippen molar-refractivity contribution in [2.45, 2.75) is 0 Å². The molecule has 15 heteroatoms. The normalized spacial score (nSPS) is 10.7. The maximum atomic E-state index is 11.1. The first kappa shape index (κ1) is 29.1. The predicted molar refractivity (Wildman–Crippen MR) is 133 cm³/mol. The number of non-ortho nitro benzene ring substituents is 1. The molecule has 0 radical (unpaired) electrons. The Balaban J connectivity index is 1.99. The molecule has 1 aromatic heterocycles. The number of methoxy groups -OCH3 is 2. The summed E-state index contributed by atoms with van der Waals surface area (Å²) in [5, 5.41) is 25.9. The number of anilines is 1. The molecule has 0 aliphatic heterocycles. The lowest BCUT2D eigenvalue weighted by molar-refractivity contribution is -0.384. The van der Waals surface area contributed by atoms with E-state index in [-0.39, 0.29) is 66.0 Å². The van der Waals surface area contributed by atoms with E-state index in [0.717, 1.165) is 0 Å². The summed E-state index contributed by atoms with van der Waals surface area (Å²) < 4.78 is 43.6. The van der Waals surface area contributed by atoms with Crippen molar-refractivity contribution in [1.29, 1.82) is 0 Å². The minimum atomic E-state index is -1.34. The van der Waals surface area contributed by atoms with Crippen LogP contribution in [0.3, 0.4) is 0 Å². The third-order valence-corrected chi connectivity index (χ3v) is 4.78. The van der Waals surface area contributed by atoms with Gasteiger partial charge in [0, 0.05) is 44.6 Å². The number of benzene rings is 2. The number of nitro benzene ring substituents is 1. The average Bonchev–Trinajstić information content (AvgIpc) is 3.35. The number of nitrogens with one attached hydrogen (secondary N) is 1. The molecule has 2 aromatic carbocycles. The van der Waals surface area contributed by atoms with E-state index in [1.165, 1.54) is 49.6 Å². The highest BCUT2D eigenvalue weighted by Gasteiger charge is 2.22. The highest BCUT2D eigenvalue weighted by atomic mass is 16.7. The standard InChI is InChI=1S/C24H27N3O12/c1-32-7-9-34-14-36-18-11-19(37-15-35-10-8-33-2)23(21-13-22(26-39-21)25-24(28)29)20(12-18)38-17-5-3-16(4-6-17)27(30)31/h3-6,11-13H,7-10,14-15H2,1-2H3,(H,25,26)(H,28,29). The van der Waals surface area contributed by atoms with E-state index in [9.17, 15) is 14.9 Å². The van der Waals surface area contributed by atoms with E-state index in [0.29, 0.717) is 19.8 Å². The molecule has 1 heterocycles. The Kier molecular flexibility index (Phi) is 11.3. The van der Waals surface area contributed by atoms with E-state index in [4.69, 9.17) is 42.8 Å². The van der Waals surface area contributed by atoms with Crippen molar-refractivity contribution in [3.05, 3.63) is 52.6 Å². The first-order chi connectivity index (χ1) is 18.9. The molecule has 1 amide bonds. The third kappa shape index (κ3) is 9.11. The molecular formula is C24H27N3O12. The van der Waals surface area contributed by atoms with Crippen LogP contribution in [0.25, 0.3) is 11.3 Å². The minimum Gasteiger partial charge on any atom is -0.467 e. The number of amides is 1. The Morgan fingerprint density at radius 1 is 0.949 bits per heavy atom. The van der Waals surface area contributed by atoms with Crippen molar-refractivity contribution >= 4 is 17.6 Å². The molecule has 0 aliphatic rings. The number of nitrogens with zero attached hydrogens (tertiary/aromatic N) is 2. The maximum Gasteiger partial charge on any atom is 0.410 e. The van der Waals surface area contributed by atoms with E-state index in [2.05, 4.69) is 10.5 Å². The first-order valence-corrected chi connectivity index (χ1v) is 11.4. The van der Waals surface area contributed by atoms with Gasteiger partial charge in [-0.2, -0.15) is 0 Å². The van der Waals surface area contributed by atoms with Gasteiger partial charge in [-0.05, 0) is 12.1 Å². The Hall–Kier alpha value is -4.44. The van der Waals surface area contributed by atoms with Crippen LogP contribution in [0.5, 0.6) is 23.0 Å². The Bertz CT molecular complexity index is 1220. The van der Waals surface area contributed by atoms with Crippen LogP contribution in [0, 0.1) is 10.1 Å². The van der Waals surface area contributed by atoms with Crippen LogP contribution in [-0.4, -0.2) is 75.5 Å². The molecule has 3 aromatic rings. The molecule has 0 bridgehead atoms. The zero-order chi connectivity index (χ0) is 28.0. The molecule has 0 saturated heterocycles. The van der Waals surface area contributed by atoms with Gasteiger partial charge in [0.05, 0.1) is 31.4 Å². The van der Waals surface area contributed by atoms with Crippen molar-refractivity contribution in [2.24, 2.45) is 0 Å². The zero-order valence-electron chi connectivity index (χ0n) is 21.1. The molecule has 0 spiro atoms. The van der Waals surface area contributed by atoms with Crippen LogP contribution >= 0.6 is 0 Å². The van der Waals surface area contributed by atoms with Crippen LogP contribution in [0.1, 0.15) is 0 Å². The number of carbonyl (C=O) groups is 1. The number of nitro groups is 1. The van der Waals surface area contributed by atoms with Gasteiger partial charge in [0.15, 0.2) is 25.2 Å². The monoisotopic (exact) mass is 549 g/mol. The Morgan fingerprint density at radius 2 is 1.59 bits per heavy atom. The second kappa shape index (κ2) is 15.1. The number of hydrogen-bond donors (Lipinski definition) is 2. The molecule has 39 heavy (non-hydrogen) atoms. The van der Waals surface area contributed by atoms with E-state index < -0.39 is 11.0 Å². The molecule has 0 atom stereocenters. The highest BCUT2D eigenvalue weighted by Crippen LogP contribution is 2.44. The minimum absolute atomic E-state index is 0.0760. The van der Waals surface area contributed by atoms with Gasteiger partial charge in [0.2, 0.25) is 0 Å². The lowest BCUT2D eigenvalue weighted by Crippen LogP contribution is -2.10. The SMILES string of the molecule is COCCOCOc1cc(OCOCCOC)c(-c2cc(NC(=O)O)no2)c(Oc2ccc([N+](=O)[O-])cc2)c1.